The molecule has 0 aliphatic heterocycles. The Bertz CT molecular complexity index is 209. The molecule has 0 atom stereocenters. The first kappa shape index (κ1) is 13.2. The quantitative estimate of drug-likeness (QED) is 0.632. The van der Waals surface area contributed by atoms with Gasteiger partial charge in [-0.05, 0) is 20.3 Å². The molecule has 0 heterocycles. The van der Waals surface area contributed by atoms with Crippen LogP contribution in [0.5, 0.6) is 0 Å². The van der Waals surface area contributed by atoms with Crippen LogP contribution >= 0.6 is 0 Å². The third kappa shape index (κ3) is 4.42. The molecule has 0 unspecified atom stereocenters. The molecule has 0 aromatic heterocycles. The predicted molar refractivity (Wildman–Crippen MR) is 60.1 cm³/mol. The van der Waals surface area contributed by atoms with Gasteiger partial charge >= 0.3 is 0 Å². The molecule has 3 heteroatoms. The van der Waals surface area contributed by atoms with Crippen molar-refractivity contribution in [3.63, 3.8) is 0 Å². The van der Waals surface area contributed by atoms with Gasteiger partial charge in [-0.15, -0.1) is 0 Å². The Kier molecular flexibility index (Phi) is 5.46. The van der Waals surface area contributed by atoms with Crippen molar-refractivity contribution < 1.29 is 4.79 Å². The number of rotatable bonds is 6. The lowest BCUT2D eigenvalue weighted by atomic mass is 9.92. The van der Waals surface area contributed by atoms with Crippen LogP contribution in [0.3, 0.4) is 0 Å². The van der Waals surface area contributed by atoms with Crippen LogP contribution in [0.2, 0.25) is 0 Å². The van der Waals surface area contributed by atoms with Crippen LogP contribution in [0.25, 0.3) is 0 Å². The highest BCUT2D eigenvalue weighted by molar-refractivity contribution is 5.81. The van der Waals surface area contributed by atoms with E-state index < -0.39 is 0 Å². The van der Waals surface area contributed by atoms with Crippen molar-refractivity contribution in [3.05, 3.63) is 12.2 Å². The van der Waals surface area contributed by atoms with E-state index in [-0.39, 0.29) is 11.3 Å². The lowest BCUT2D eigenvalue weighted by molar-refractivity contribution is -0.128. The Morgan fingerprint density at radius 2 is 2.00 bits per heavy atom. The third-order valence-corrected chi connectivity index (χ3v) is 2.28. The lowest BCUT2D eigenvalue weighted by Crippen LogP contribution is -2.42. The van der Waals surface area contributed by atoms with Crippen molar-refractivity contribution in [1.82, 2.24) is 10.6 Å². The molecule has 3 nitrogen and oxygen atoms in total. The summed E-state index contributed by atoms with van der Waals surface area (Å²) >= 11 is 0. The highest BCUT2D eigenvalue weighted by Crippen LogP contribution is 2.13. The van der Waals surface area contributed by atoms with Crippen molar-refractivity contribution in [2.24, 2.45) is 5.41 Å². The summed E-state index contributed by atoms with van der Waals surface area (Å²) in [7, 11) is 1.66. The van der Waals surface area contributed by atoms with E-state index in [1.807, 2.05) is 13.8 Å². The molecule has 0 saturated heterocycles. The summed E-state index contributed by atoms with van der Waals surface area (Å²) in [4.78, 5) is 11.4. The topological polar surface area (TPSA) is 41.1 Å². The van der Waals surface area contributed by atoms with E-state index >= 15 is 0 Å². The third-order valence-electron chi connectivity index (χ3n) is 2.28. The van der Waals surface area contributed by atoms with Gasteiger partial charge in [0.2, 0.25) is 5.91 Å². The zero-order valence-electron chi connectivity index (χ0n) is 9.74. The zero-order chi connectivity index (χ0) is 11.2. The van der Waals surface area contributed by atoms with Crippen LogP contribution in [-0.4, -0.2) is 26.0 Å². The minimum Gasteiger partial charge on any atom is -0.359 e. The number of carbonyl (C=O) groups is 1. The van der Waals surface area contributed by atoms with Gasteiger partial charge in [-0.2, -0.15) is 0 Å². The summed E-state index contributed by atoms with van der Waals surface area (Å²) in [6, 6.07) is 0. The average molecular weight is 198 g/mol. The minimum absolute atomic E-state index is 0.0621. The van der Waals surface area contributed by atoms with E-state index in [2.05, 4.69) is 24.1 Å². The average Bonchev–Trinajstić information content (AvgIpc) is 2.15. The van der Waals surface area contributed by atoms with E-state index in [0.717, 1.165) is 18.5 Å². The van der Waals surface area contributed by atoms with Crippen LogP contribution in [0.4, 0.5) is 0 Å². The first-order valence-electron chi connectivity index (χ1n) is 5.03. The molecule has 0 bridgehead atoms. The maximum atomic E-state index is 11.4. The predicted octanol–water partition coefficient (Wildman–Crippen LogP) is 1.31. The maximum absolute atomic E-state index is 11.4. The molecule has 82 valence electrons. The van der Waals surface area contributed by atoms with E-state index in [9.17, 15) is 4.79 Å². The van der Waals surface area contributed by atoms with E-state index in [0.29, 0.717) is 6.54 Å². The van der Waals surface area contributed by atoms with Gasteiger partial charge in [0.15, 0.2) is 0 Å². The van der Waals surface area contributed by atoms with Gasteiger partial charge in [-0.1, -0.05) is 19.1 Å². The van der Waals surface area contributed by atoms with Crippen LogP contribution in [-0.2, 0) is 4.79 Å². The normalized spacial score (nSPS) is 11.1. The molecule has 0 spiro atoms. The van der Waals surface area contributed by atoms with Crippen LogP contribution in [0, 0.1) is 5.41 Å². The fraction of sp³-hybridized carbons (Fsp3) is 0.727. The first-order valence-corrected chi connectivity index (χ1v) is 5.03. The van der Waals surface area contributed by atoms with E-state index in [4.69, 9.17) is 0 Å². The Balaban J connectivity index is 3.88. The molecule has 0 aliphatic carbocycles. The molecule has 2 N–H and O–H groups in total. The van der Waals surface area contributed by atoms with Gasteiger partial charge in [0.05, 0.1) is 5.41 Å². The van der Waals surface area contributed by atoms with Crippen LogP contribution in [0.1, 0.15) is 27.2 Å². The number of hydrogen-bond donors (Lipinski definition) is 2. The summed E-state index contributed by atoms with van der Waals surface area (Å²) in [5, 5.41) is 5.89. The van der Waals surface area contributed by atoms with Crippen LogP contribution < -0.4 is 10.6 Å². The number of hydrogen-bond acceptors (Lipinski definition) is 2. The summed E-state index contributed by atoms with van der Waals surface area (Å²) in [5.41, 5.74) is 0.806. The van der Waals surface area contributed by atoms with Gasteiger partial charge in [0.25, 0.3) is 0 Å². The van der Waals surface area contributed by atoms with Crippen molar-refractivity contribution in [1.29, 1.82) is 0 Å². The van der Waals surface area contributed by atoms with Gasteiger partial charge in [0.1, 0.15) is 0 Å². The van der Waals surface area contributed by atoms with Crippen LogP contribution in [0.15, 0.2) is 12.2 Å². The second kappa shape index (κ2) is 5.81. The Labute approximate surface area is 87.0 Å². The minimum atomic E-state index is -0.358. The monoisotopic (exact) mass is 198 g/mol. The number of nitrogens with one attached hydrogen (secondary N) is 2. The Morgan fingerprint density at radius 1 is 1.43 bits per heavy atom. The molecule has 0 rings (SSSR count). The van der Waals surface area contributed by atoms with Crippen molar-refractivity contribution in [3.8, 4) is 0 Å². The summed E-state index contributed by atoms with van der Waals surface area (Å²) in [5.74, 6) is 0.0621. The molecular weight excluding hydrogens is 176 g/mol. The molecule has 0 fully saturated rings. The van der Waals surface area contributed by atoms with E-state index in [1.165, 1.54) is 0 Å². The SMILES string of the molecule is C=C(CC)CNCC(C)(C)C(=O)NC. The molecule has 1 amide bonds. The second-order valence-electron chi connectivity index (χ2n) is 4.17. The Hall–Kier alpha value is -0.830. The highest BCUT2D eigenvalue weighted by atomic mass is 16.2. The summed E-state index contributed by atoms with van der Waals surface area (Å²) in [6.07, 6.45) is 0.980. The molecule has 0 aromatic carbocycles. The zero-order valence-corrected chi connectivity index (χ0v) is 9.74. The largest absolute Gasteiger partial charge is 0.359 e. The summed E-state index contributed by atoms with van der Waals surface area (Å²) < 4.78 is 0. The van der Waals surface area contributed by atoms with Gasteiger partial charge in [0, 0.05) is 20.1 Å². The molecular formula is C11H22N2O. The lowest BCUT2D eigenvalue weighted by Gasteiger charge is -2.23. The summed E-state index contributed by atoms with van der Waals surface area (Å²) in [6.45, 7) is 11.3. The Morgan fingerprint density at radius 3 is 2.43 bits per heavy atom. The smallest absolute Gasteiger partial charge is 0.226 e. The van der Waals surface area contributed by atoms with Gasteiger partial charge < -0.3 is 10.6 Å². The molecule has 0 aliphatic rings. The second-order valence-corrected chi connectivity index (χ2v) is 4.17. The van der Waals surface area contributed by atoms with Crippen molar-refractivity contribution in [2.45, 2.75) is 27.2 Å². The molecule has 14 heavy (non-hydrogen) atoms. The standard InChI is InChI=1S/C11H22N2O/c1-6-9(2)7-13-8-11(3,4)10(14)12-5/h13H,2,6-8H2,1,3-5H3,(H,12,14). The number of carbonyl (C=O) groups excluding carboxylic acids is 1. The van der Waals surface area contributed by atoms with Gasteiger partial charge in [-0.25, -0.2) is 0 Å². The van der Waals surface area contributed by atoms with Gasteiger partial charge in [-0.3, -0.25) is 4.79 Å². The highest BCUT2D eigenvalue weighted by Gasteiger charge is 2.25. The van der Waals surface area contributed by atoms with Crippen molar-refractivity contribution >= 4 is 5.91 Å². The maximum Gasteiger partial charge on any atom is 0.226 e. The first-order chi connectivity index (χ1) is 6.44. The fourth-order valence-electron chi connectivity index (χ4n) is 1.10. The molecule has 0 saturated carbocycles. The van der Waals surface area contributed by atoms with E-state index in [1.54, 1.807) is 7.05 Å². The fourth-order valence-corrected chi connectivity index (χ4v) is 1.10. The molecule has 0 radical (unpaired) electrons. The molecule has 0 aromatic rings. The number of amides is 1. The van der Waals surface area contributed by atoms with Crippen molar-refractivity contribution in [2.75, 3.05) is 20.1 Å².